The molecule has 2 aromatic rings. The molecule has 0 N–H and O–H groups in total. The Morgan fingerprint density at radius 3 is 2.47 bits per heavy atom. The summed E-state index contributed by atoms with van der Waals surface area (Å²) in [5.41, 5.74) is 1.71. The first-order chi connectivity index (χ1) is 8.04. The smallest absolute Gasteiger partial charge is 0.240 e. The second-order valence-electron chi connectivity index (χ2n) is 3.65. The predicted octanol–water partition coefficient (Wildman–Crippen LogP) is 2.32. The summed E-state index contributed by atoms with van der Waals surface area (Å²) in [7, 11) is -3.51. The highest BCUT2D eigenvalue weighted by Gasteiger charge is 2.16. The van der Waals surface area contributed by atoms with Crippen molar-refractivity contribution in [3.05, 3.63) is 48.0 Å². The number of hydrogen-bond donors (Lipinski definition) is 0. The van der Waals surface area contributed by atoms with Gasteiger partial charge in [-0.2, -0.15) is 0 Å². The van der Waals surface area contributed by atoms with Crippen LogP contribution in [0.1, 0.15) is 11.3 Å². The molecule has 1 aromatic heterocycles. The van der Waals surface area contributed by atoms with Gasteiger partial charge in [-0.05, 0) is 19.1 Å². The first-order valence-corrected chi connectivity index (χ1v) is 7.51. The van der Waals surface area contributed by atoms with Crippen LogP contribution in [-0.4, -0.2) is 17.4 Å². The second kappa shape index (κ2) is 4.62. The van der Waals surface area contributed by atoms with Gasteiger partial charge < -0.3 is 0 Å². The molecular weight excluding hydrogens is 304 g/mol. The molecule has 0 bridgehead atoms. The number of aromatic nitrogens is 2. The zero-order valence-electron chi connectivity index (χ0n) is 9.17. The summed E-state index contributed by atoms with van der Waals surface area (Å²) in [5.74, 6) is 0. The summed E-state index contributed by atoms with van der Waals surface area (Å²) < 4.78 is 25.5. The molecule has 2 rings (SSSR count). The molecule has 1 heterocycles. The highest BCUT2D eigenvalue weighted by atomic mass is 79.9. The van der Waals surface area contributed by atoms with E-state index in [0.29, 0.717) is 11.0 Å². The van der Waals surface area contributed by atoms with Gasteiger partial charge in [-0.15, -0.1) is 0 Å². The molecule has 0 atom stereocenters. The Morgan fingerprint density at radius 2 is 1.94 bits per heavy atom. The van der Waals surface area contributed by atoms with Crippen LogP contribution < -0.4 is 0 Å². The van der Waals surface area contributed by atoms with Gasteiger partial charge in [0.2, 0.25) is 0 Å². The largest absolute Gasteiger partial charge is 0.268 e. The van der Waals surface area contributed by atoms with Crippen LogP contribution in [0.2, 0.25) is 0 Å². The van der Waals surface area contributed by atoms with Crippen LogP contribution in [0.4, 0.5) is 0 Å². The number of alkyl halides is 1. The average Bonchev–Trinajstić information content (AvgIpc) is 2.78. The van der Waals surface area contributed by atoms with Crippen molar-refractivity contribution in [3.63, 3.8) is 0 Å². The minimum atomic E-state index is -3.51. The summed E-state index contributed by atoms with van der Waals surface area (Å²) in [5, 5.41) is 0.531. The molecule has 0 unspecified atom stereocenters. The molecule has 1 aromatic carbocycles. The average molecular weight is 315 g/mol. The molecule has 0 aliphatic carbocycles. The molecule has 0 amide bonds. The van der Waals surface area contributed by atoms with Crippen LogP contribution >= 0.6 is 15.9 Å². The van der Waals surface area contributed by atoms with E-state index < -0.39 is 10.0 Å². The summed E-state index contributed by atoms with van der Waals surface area (Å²) in [4.78, 5) is 4.25. The third-order valence-corrected chi connectivity index (χ3v) is 4.54. The molecule has 0 saturated heterocycles. The monoisotopic (exact) mass is 314 g/mol. The number of nitrogens with zero attached hydrogens (tertiary/aromatic N) is 2. The van der Waals surface area contributed by atoms with Crippen LogP contribution in [-0.2, 0) is 15.4 Å². The maximum atomic E-state index is 12.2. The normalized spacial score (nSPS) is 11.6. The van der Waals surface area contributed by atoms with Crippen molar-refractivity contribution in [2.75, 3.05) is 0 Å². The van der Waals surface area contributed by atoms with E-state index in [9.17, 15) is 8.42 Å². The van der Waals surface area contributed by atoms with Crippen LogP contribution in [0, 0.1) is 6.92 Å². The Morgan fingerprint density at radius 1 is 1.29 bits per heavy atom. The highest BCUT2D eigenvalue weighted by molar-refractivity contribution is 9.08. The van der Waals surface area contributed by atoms with E-state index in [1.807, 2.05) is 6.92 Å². The summed E-state index contributed by atoms with van der Waals surface area (Å²) >= 11 is 3.23. The van der Waals surface area contributed by atoms with E-state index >= 15 is 0 Å². The number of imidazole rings is 1. The third-order valence-electron chi connectivity index (χ3n) is 2.35. The zero-order valence-corrected chi connectivity index (χ0v) is 11.6. The summed E-state index contributed by atoms with van der Waals surface area (Å²) in [6, 6.07) is 6.74. The molecule has 0 spiro atoms. The fourth-order valence-electron chi connectivity index (χ4n) is 1.38. The number of hydrogen-bond acceptors (Lipinski definition) is 3. The zero-order chi connectivity index (χ0) is 12.5. The quantitative estimate of drug-likeness (QED) is 0.817. The number of aryl methyl sites for hydroxylation is 1. The molecule has 4 nitrogen and oxygen atoms in total. The lowest BCUT2D eigenvalue weighted by atomic mass is 10.2. The van der Waals surface area contributed by atoms with Crippen LogP contribution in [0.15, 0.2) is 41.7 Å². The van der Waals surface area contributed by atoms with E-state index in [-0.39, 0.29) is 4.90 Å². The Balaban J connectivity index is 2.46. The number of rotatable bonds is 3. The lowest BCUT2D eigenvalue weighted by Gasteiger charge is -2.04. The van der Waals surface area contributed by atoms with Gasteiger partial charge in [-0.25, -0.2) is 17.4 Å². The Hall–Kier alpha value is -1.14. The van der Waals surface area contributed by atoms with Gasteiger partial charge in [0.1, 0.15) is 6.33 Å². The highest BCUT2D eigenvalue weighted by Crippen LogP contribution is 2.15. The van der Waals surface area contributed by atoms with Crippen molar-refractivity contribution >= 4 is 26.0 Å². The van der Waals surface area contributed by atoms with Crippen molar-refractivity contribution in [2.24, 2.45) is 0 Å². The van der Waals surface area contributed by atoms with Gasteiger partial charge >= 0.3 is 0 Å². The van der Waals surface area contributed by atoms with Gasteiger partial charge in [0.15, 0.2) is 0 Å². The molecule has 0 saturated carbocycles. The first kappa shape index (κ1) is 12.3. The summed E-state index contributed by atoms with van der Waals surface area (Å²) in [6.45, 7) is 1.91. The molecule has 0 aliphatic rings. The fourth-order valence-corrected chi connectivity index (χ4v) is 2.82. The molecule has 0 radical (unpaired) electrons. The van der Waals surface area contributed by atoms with Crippen molar-refractivity contribution < 1.29 is 8.42 Å². The van der Waals surface area contributed by atoms with Gasteiger partial charge in [-0.3, -0.25) is 0 Å². The molecule has 6 heteroatoms. The molecule has 17 heavy (non-hydrogen) atoms. The third kappa shape index (κ3) is 2.42. The second-order valence-corrected chi connectivity index (χ2v) is 6.05. The first-order valence-electron chi connectivity index (χ1n) is 4.95. The van der Waals surface area contributed by atoms with Crippen LogP contribution in [0.5, 0.6) is 0 Å². The Bertz CT molecular complexity index is 617. The standard InChI is InChI=1S/C11H11BrN2O2S/c1-9-2-4-11(5-3-9)17(15,16)14-7-10(6-12)13-8-14/h2-5,7-8H,6H2,1H3. The maximum absolute atomic E-state index is 12.2. The van der Waals surface area contributed by atoms with Gasteiger partial charge in [0, 0.05) is 11.5 Å². The number of benzene rings is 1. The van der Waals surface area contributed by atoms with Crippen molar-refractivity contribution in [2.45, 2.75) is 17.1 Å². The van der Waals surface area contributed by atoms with Crippen molar-refractivity contribution in [1.29, 1.82) is 0 Å². The van der Waals surface area contributed by atoms with Gasteiger partial charge in [-0.1, -0.05) is 33.6 Å². The Labute approximate surface area is 108 Å². The van der Waals surface area contributed by atoms with E-state index in [1.165, 1.54) is 12.5 Å². The topological polar surface area (TPSA) is 52.0 Å². The van der Waals surface area contributed by atoms with Gasteiger partial charge in [0.25, 0.3) is 10.0 Å². The minimum absolute atomic E-state index is 0.265. The lowest BCUT2D eigenvalue weighted by molar-refractivity contribution is 0.587. The van der Waals surface area contributed by atoms with E-state index in [2.05, 4.69) is 20.9 Å². The van der Waals surface area contributed by atoms with Crippen molar-refractivity contribution in [3.8, 4) is 0 Å². The number of halogens is 1. The summed E-state index contributed by atoms with van der Waals surface area (Å²) in [6.07, 6.45) is 2.82. The fraction of sp³-hybridized carbons (Fsp3) is 0.182. The molecule has 90 valence electrons. The van der Waals surface area contributed by atoms with Crippen LogP contribution in [0.3, 0.4) is 0 Å². The van der Waals surface area contributed by atoms with Crippen LogP contribution in [0.25, 0.3) is 0 Å². The maximum Gasteiger partial charge on any atom is 0.268 e. The predicted molar refractivity (Wildman–Crippen MR) is 68.6 cm³/mol. The minimum Gasteiger partial charge on any atom is -0.240 e. The molecule has 0 aliphatic heterocycles. The van der Waals surface area contributed by atoms with E-state index in [1.54, 1.807) is 24.3 Å². The Kier molecular flexibility index (Phi) is 3.35. The SMILES string of the molecule is Cc1ccc(S(=O)(=O)n2cnc(CBr)c2)cc1. The molecular formula is C11H11BrN2O2S. The van der Waals surface area contributed by atoms with E-state index in [0.717, 1.165) is 9.54 Å². The van der Waals surface area contributed by atoms with Crippen molar-refractivity contribution in [1.82, 2.24) is 8.96 Å². The van der Waals surface area contributed by atoms with Gasteiger partial charge in [0.05, 0.1) is 10.6 Å². The lowest BCUT2D eigenvalue weighted by Crippen LogP contribution is -2.10. The molecule has 0 fully saturated rings. The van der Waals surface area contributed by atoms with E-state index in [4.69, 9.17) is 0 Å².